The number of carboxylic acid groups (broad SMARTS) is 1. The van der Waals surface area contributed by atoms with Crippen LogP contribution in [0.15, 0.2) is 18.3 Å². The Balaban J connectivity index is 2.85. The third-order valence-corrected chi connectivity index (χ3v) is 2.31. The molecule has 2 heterocycles. The SMILES string of the molecule is COc1cccn2c(CN)nc(C(=O)O)c12. The van der Waals surface area contributed by atoms with Crippen LogP contribution in [0.5, 0.6) is 5.75 Å². The molecule has 0 atom stereocenters. The Morgan fingerprint density at radius 2 is 2.44 bits per heavy atom. The van der Waals surface area contributed by atoms with Crippen LogP contribution in [0.25, 0.3) is 5.52 Å². The molecule has 84 valence electrons. The molecule has 0 aliphatic rings. The van der Waals surface area contributed by atoms with Crippen LogP contribution in [0.1, 0.15) is 16.3 Å². The van der Waals surface area contributed by atoms with Crippen molar-refractivity contribution in [2.24, 2.45) is 5.73 Å². The molecule has 0 aromatic carbocycles. The van der Waals surface area contributed by atoms with Gasteiger partial charge in [-0.2, -0.15) is 0 Å². The molecule has 2 aromatic rings. The average Bonchev–Trinajstić information content (AvgIpc) is 2.67. The maximum absolute atomic E-state index is 11.0. The van der Waals surface area contributed by atoms with E-state index in [9.17, 15) is 4.79 Å². The highest BCUT2D eigenvalue weighted by atomic mass is 16.5. The van der Waals surface area contributed by atoms with E-state index < -0.39 is 5.97 Å². The molecule has 0 fully saturated rings. The number of carboxylic acids is 1. The van der Waals surface area contributed by atoms with Crippen LogP contribution in [-0.2, 0) is 6.54 Å². The highest BCUT2D eigenvalue weighted by Gasteiger charge is 2.19. The highest BCUT2D eigenvalue weighted by Crippen LogP contribution is 2.24. The van der Waals surface area contributed by atoms with E-state index in [2.05, 4.69) is 4.98 Å². The molecule has 0 aliphatic carbocycles. The van der Waals surface area contributed by atoms with Gasteiger partial charge in [-0.3, -0.25) is 4.40 Å². The molecule has 16 heavy (non-hydrogen) atoms. The second-order valence-electron chi connectivity index (χ2n) is 3.18. The van der Waals surface area contributed by atoms with Crippen molar-refractivity contribution in [3.8, 4) is 5.75 Å². The lowest BCUT2D eigenvalue weighted by molar-refractivity contribution is 0.0693. The van der Waals surface area contributed by atoms with Crippen molar-refractivity contribution < 1.29 is 14.6 Å². The molecular weight excluding hydrogens is 210 g/mol. The third-order valence-electron chi connectivity index (χ3n) is 2.31. The molecule has 0 bridgehead atoms. The predicted molar refractivity (Wildman–Crippen MR) is 56.6 cm³/mol. The summed E-state index contributed by atoms with van der Waals surface area (Å²) in [4.78, 5) is 15.0. The fourth-order valence-corrected chi connectivity index (χ4v) is 1.63. The minimum atomic E-state index is -1.10. The van der Waals surface area contributed by atoms with Gasteiger partial charge in [0.25, 0.3) is 0 Å². The molecule has 2 rings (SSSR count). The van der Waals surface area contributed by atoms with Crippen LogP contribution in [0.4, 0.5) is 0 Å². The van der Waals surface area contributed by atoms with Gasteiger partial charge >= 0.3 is 5.97 Å². The molecule has 6 nitrogen and oxygen atoms in total. The Morgan fingerprint density at radius 1 is 1.69 bits per heavy atom. The minimum absolute atomic E-state index is 0.0436. The molecule has 0 saturated heterocycles. The molecule has 0 unspecified atom stereocenters. The molecule has 2 aromatic heterocycles. The standard InChI is InChI=1S/C10H11N3O3/c1-16-6-3-2-4-13-7(5-11)12-8(9(6)13)10(14)15/h2-4H,5,11H2,1H3,(H,14,15). The molecule has 0 saturated carbocycles. The van der Waals surface area contributed by atoms with Gasteiger partial charge < -0.3 is 15.6 Å². The van der Waals surface area contributed by atoms with Gasteiger partial charge in [0.2, 0.25) is 0 Å². The van der Waals surface area contributed by atoms with Crippen molar-refractivity contribution >= 4 is 11.5 Å². The first kappa shape index (κ1) is 10.4. The third kappa shape index (κ3) is 1.40. The topological polar surface area (TPSA) is 89.9 Å². The number of imidazole rings is 1. The largest absolute Gasteiger partial charge is 0.494 e. The quantitative estimate of drug-likeness (QED) is 0.787. The molecule has 0 radical (unpaired) electrons. The zero-order valence-corrected chi connectivity index (χ0v) is 8.67. The number of ether oxygens (including phenoxy) is 1. The number of aromatic carboxylic acids is 1. The molecule has 6 heteroatoms. The number of fused-ring (bicyclic) bond motifs is 1. The number of rotatable bonds is 3. The van der Waals surface area contributed by atoms with Gasteiger partial charge in [0.15, 0.2) is 5.69 Å². The van der Waals surface area contributed by atoms with Crippen LogP contribution < -0.4 is 10.5 Å². The summed E-state index contributed by atoms with van der Waals surface area (Å²) in [5.41, 5.74) is 5.89. The van der Waals surface area contributed by atoms with Gasteiger partial charge in [-0.1, -0.05) is 0 Å². The van der Waals surface area contributed by atoms with Crippen LogP contribution in [0.2, 0.25) is 0 Å². The molecule has 3 N–H and O–H groups in total. The monoisotopic (exact) mass is 221 g/mol. The summed E-state index contributed by atoms with van der Waals surface area (Å²) in [5, 5.41) is 9.04. The second kappa shape index (κ2) is 3.82. The lowest BCUT2D eigenvalue weighted by Gasteiger charge is -2.03. The Bertz CT molecular complexity index is 547. The van der Waals surface area contributed by atoms with E-state index in [1.807, 2.05) is 0 Å². The van der Waals surface area contributed by atoms with Gasteiger partial charge in [-0.15, -0.1) is 0 Å². The number of methoxy groups -OCH3 is 1. The van der Waals surface area contributed by atoms with Crippen molar-refractivity contribution in [2.75, 3.05) is 7.11 Å². The van der Waals surface area contributed by atoms with E-state index in [0.29, 0.717) is 17.1 Å². The lowest BCUT2D eigenvalue weighted by atomic mass is 10.3. The van der Waals surface area contributed by atoms with Crippen molar-refractivity contribution in [3.63, 3.8) is 0 Å². The van der Waals surface area contributed by atoms with E-state index >= 15 is 0 Å². The summed E-state index contributed by atoms with van der Waals surface area (Å²) in [6.45, 7) is 0.168. The number of nitrogens with zero attached hydrogens (tertiary/aromatic N) is 2. The van der Waals surface area contributed by atoms with Crippen molar-refractivity contribution in [1.29, 1.82) is 0 Å². The van der Waals surface area contributed by atoms with Gasteiger partial charge in [-0.05, 0) is 12.1 Å². The molecule has 0 aliphatic heterocycles. The molecule has 0 spiro atoms. The van der Waals surface area contributed by atoms with E-state index in [1.165, 1.54) is 7.11 Å². The number of hydrogen-bond acceptors (Lipinski definition) is 4. The summed E-state index contributed by atoms with van der Waals surface area (Å²) in [6.07, 6.45) is 1.71. The Kier molecular flexibility index (Phi) is 2.49. The maximum Gasteiger partial charge on any atom is 0.356 e. The Labute approximate surface area is 91.3 Å². The van der Waals surface area contributed by atoms with Gasteiger partial charge in [-0.25, -0.2) is 9.78 Å². The fraction of sp³-hybridized carbons (Fsp3) is 0.200. The highest BCUT2D eigenvalue weighted by molar-refractivity contribution is 5.95. The Hall–Kier alpha value is -2.08. The number of carbonyl (C=O) groups is 1. The first-order valence-electron chi connectivity index (χ1n) is 4.66. The zero-order valence-electron chi connectivity index (χ0n) is 8.67. The van der Waals surface area contributed by atoms with Gasteiger partial charge in [0.05, 0.1) is 13.7 Å². The summed E-state index contributed by atoms with van der Waals surface area (Å²) in [6, 6.07) is 3.43. The summed E-state index contributed by atoms with van der Waals surface area (Å²) in [7, 11) is 1.48. The number of nitrogens with two attached hydrogens (primary N) is 1. The average molecular weight is 221 g/mol. The Morgan fingerprint density at radius 3 is 3.00 bits per heavy atom. The van der Waals surface area contributed by atoms with Crippen molar-refractivity contribution in [1.82, 2.24) is 9.38 Å². The first-order valence-corrected chi connectivity index (χ1v) is 4.66. The maximum atomic E-state index is 11.0. The smallest absolute Gasteiger partial charge is 0.356 e. The minimum Gasteiger partial charge on any atom is -0.494 e. The summed E-state index contributed by atoms with van der Waals surface area (Å²) < 4.78 is 6.74. The second-order valence-corrected chi connectivity index (χ2v) is 3.18. The van der Waals surface area contributed by atoms with Gasteiger partial charge in [0, 0.05) is 6.20 Å². The fourth-order valence-electron chi connectivity index (χ4n) is 1.63. The number of pyridine rings is 1. The van der Waals surface area contributed by atoms with E-state index in [1.54, 1.807) is 22.7 Å². The van der Waals surface area contributed by atoms with Crippen molar-refractivity contribution in [2.45, 2.75) is 6.54 Å². The summed E-state index contributed by atoms with van der Waals surface area (Å²) in [5.74, 6) is -0.139. The van der Waals surface area contributed by atoms with Crippen LogP contribution >= 0.6 is 0 Å². The van der Waals surface area contributed by atoms with Crippen LogP contribution in [0.3, 0.4) is 0 Å². The zero-order chi connectivity index (χ0) is 11.7. The first-order chi connectivity index (χ1) is 7.69. The van der Waals surface area contributed by atoms with Gasteiger partial charge in [0.1, 0.15) is 17.1 Å². The lowest BCUT2D eigenvalue weighted by Crippen LogP contribution is -2.02. The van der Waals surface area contributed by atoms with E-state index in [4.69, 9.17) is 15.6 Å². The van der Waals surface area contributed by atoms with Crippen LogP contribution in [-0.4, -0.2) is 27.6 Å². The van der Waals surface area contributed by atoms with Crippen LogP contribution in [0, 0.1) is 0 Å². The number of hydrogen-bond donors (Lipinski definition) is 2. The predicted octanol–water partition coefficient (Wildman–Crippen LogP) is 0.500. The summed E-state index contributed by atoms with van der Waals surface area (Å²) >= 11 is 0. The molecular formula is C10H11N3O3. The van der Waals surface area contributed by atoms with Crippen molar-refractivity contribution in [3.05, 3.63) is 29.8 Å². The van der Waals surface area contributed by atoms with E-state index in [0.717, 1.165) is 0 Å². The normalized spacial score (nSPS) is 10.6. The molecule has 0 amide bonds. The number of aromatic nitrogens is 2. The van der Waals surface area contributed by atoms with E-state index in [-0.39, 0.29) is 12.2 Å².